The van der Waals surface area contributed by atoms with Crippen LogP contribution in [0.15, 0.2) is 72.8 Å². The summed E-state index contributed by atoms with van der Waals surface area (Å²) >= 11 is 0. The topological polar surface area (TPSA) is 43.4 Å². The van der Waals surface area contributed by atoms with Crippen LogP contribution in [0.3, 0.4) is 0 Å². The minimum absolute atomic E-state index is 0.102. The Balaban J connectivity index is 1.11. The van der Waals surface area contributed by atoms with E-state index in [2.05, 4.69) is 61.5 Å². The fraction of sp³-hybridized carbons (Fsp3) is 0.314. The van der Waals surface area contributed by atoms with Crippen molar-refractivity contribution < 1.29 is 14.3 Å². The van der Waals surface area contributed by atoms with Gasteiger partial charge in [0.25, 0.3) is 0 Å². The summed E-state index contributed by atoms with van der Waals surface area (Å²) in [6.45, 7) is 2.22. The van der Waals surface area contributed by atoms with E-state index in [1.54, 1.807) is 0 Å². The predicted octanol–water partition coefficient (Wildman–Crippen LogP) is 8.23. The first-order chi connectivity index (χ1) is 18.5. The smallest absolute Gasteiger partial charge is 0.344 e. The van der Waals surface area contributed by atoms with Gasteiger partial charge in [0.2, 0.25) is 0 Å². The molecule has 0 N–H and O–H groups in total. The number of benzene rings is 5. The van der Waals surface area contributed by atoms with Gasteiger partial charge in [0.05, 0.1) is 5.56 Å². The fourth-order valence-corrected chi connectivity index (χ4v) is 8.47. The summed E-state index contributed by atoms with van der Waals surface area (Å²) in [5.74, 6) is 2.43. The molecule has 38 heavy (non-hydrogen) atoms. The van der Waals surface area contributed by atoms with Crippen LogP contribution in [0.2, 0.25) is 0 Å². The summed E-state index contributed by atoms with van der Waals surface area (Å²) in [6.07, 6.45) is 6.01. The lowest BCUT2D eigenvalue weighted by molar-refractivity contribution is -0.129. The Morgan fingerprint density at radius 2 is 1.61 bits per heavy atom. The van der Waals surface area contributed by atoms with Gasteiger partial charge in [-0.3, -0.25) is 4.79 Å². The Morgan fingerprint density at radius 3 is 2.45 bits per heavy atom. The number of hydrogen-bond donors (Lipinski definition) is 0. The molecule has 0 spiro atoms. The van der Waals surface area contributed by atoms with Crippen molar-refractivity contribution >= 4 is 44.1 Å². The van der Waals surface area contributed by atoms with Gasteiger partial charge in [0.1, 0.15) is 11.5 Å². The molecule has 0 saturated heterocycles. The zero-order chi connectivity index (χ0) is 25.6. The van der Waals surface area contributed by atoms with Crippen molar-refractivity contribution in [2.24, 2.45) is 17.3 Å². The van der Waals surface area contributed by atoms with Crippen LogP contribution in [0, 0.1) is 17.3 Å². The molecule has 4 atom stereocenters. The molecule has 3 aliphatic carbocycles. The van der Waals surface area contributed by atoms with Gasteiger partial charge in [-0.15, -0.1) is 0 Å². The summed E-state index contributed by atoms with van der Waals surface area (Å²) in [7, 11) is 0. The number of carbonyl (C=O) groups excluding carboxylic acids is 2. The van der Waals surface area contributed by atoms with Crippen LogP contribution >= 0.6 is 0 Å². The third kappa shape index (κ3) is 3.02. The van der Waals surface area contributed by atoms with Gasteiger partial charge in [-0.2, -0.15) is 0 Å². The van der Waals surface area contributed by atoms with Gasteiger partial charge >= 0.3 is 5.97 Å². The van der Waals surface area contributed by atoms with E-state index in [-0.39, 0.29) is 11.4 Å². The number of carbonyl (C=O) groups is 2. The number of rotatable bonds is 2. The van der Waals surface area contributed by atoms with Crippen LogP contribution in [-0.2, 0) is 11.2 Å². The van der Waals surface area contributed by atoms with Gasteiger partial charge in [0, 0.05) is 11.8 Å². The highest BCUT2D eigenvalue weighted by Crippen LogP contribution is 2.59. The van der Waals surface area contributed by atoms with Gasteiger partial charge < -0.3 is 4.74 Å². The van der Waals surface area contributed by atoms with Gasteiger partial charge in [-0.1, -0.05) is 61.5 Å². The zero-order valence-corrected chi connectivity index (χ0v) is 21.6. The Morgan fingerprint density at radius 1 is 0.842 bits per heavy atom. The molecule has 0 aromatic heterocycles. The lowest BCUT2D eigenvalue weighted by atomic mass is 9.55. The average molecular weight is 499 g/mol. The monoisotopic (exact) mass is 498 g/mol. The van der Waals surface area contributed by atoms with Gasteiger partial charge in [0.15, 0.2) is 0 Å². The van der Waals surface area contributed by atoms with E-state index < -0.39 is 0 Å². The van der Waals surface area contributed by atoms with Crippen molar-refractivity contribution in [3.63, 3.8) is 0 Å². The molecule has 0 bridgehead atoms. The first-order valence-electron chi connectivity index (χ1n) is 14.1. The molecule has 0 radical (unpaired) electrons. The summed E-state index contributed by atoms with van der Waals surface area (Å²) in [6, 6.07) is 25.0. The maximum Gasteiger partial charge on any atom is 0.344 e. The molecule has 188 valence electrons. The van der Waals surface area contributed by atoms with Crippen molar-refractivity contribution in [1.29, 1.82) is 0 Å². The Kier molecular flexibility index (Phi) is 4.63. The highest BCUT2D eigenvalue weighted by atomic mass is 16.5. The lowest BCUT2D eigenvalue weighted by Crippen LogP contribution is -2.42. The largest absolute Gasteiger partial charge is 0.423 e. The SMILES string of the molecule is C[C@]12CC[C@@H]3c4ccc(OC(=O)c5ccc6ccc7cccc8ccc5c6c78)cc4CC[C@H]3[C@@H]1CCC2=O. The van der Waals surface area contributed by atoms with E-state index in [0.717, 1.165) is 54.7 Å². The fourth-order valence-electron chi connectivity index (χ4n) is 8.47. The number of hydrogen-bond acceptors (Lipinski definition) is 3. The van der Waals surface area contributed by atoms with Gasteiger partial charge in [-0.05, 0) is 112 Å². The minimum Gasteiger partial charge on any atom is -0.423 e. The Bertz CT molecular complexity index is 1770. The first kappa shape index (κ1) is 22.3. The molecular weight excluding hydrogens is 468 g/mol. The number of aryl methyl sites for hydroxylation is 1. The molecule has 0 heterocycles. The lowest BCUT2D eigenvalue weighted by Gasteiger charge is -2.48. The summed E-state index contributed by atoms with van der Waals surface area (Å²) in [4.78, 5) is 26.1. The van der Waals surface area contributed by atoms with Crippen molar-refractivity contribution in [2.45, 2.75) is 51.4 Å². The second kappa shape index (κ2) is 7.89. The molecule has 2 fully saturated rings. The minimum atomic E-state index is -0.311. The molecule has 3 nitrogen and oxygen atoms in total. The third-order valence-electron chi connectivity index (χ3n) is 10.4. The zero-order valence-electron chi connectivity index (χ0n) is 21.6. The number of fused-ring (bicyclic) bond motifs is 5. The van der Waals surface area contributed by atoms with E-state index >= 15 is 0 Å². The normalized spacial score (nSPS) is 26.4. The molecular formula is C35H30O3. The number of esters is 1. The Labute approximate surface area is 222 Å². The Hall–Kier alpha value is -3.72. The van der Waals surface area contributed by atoms with Crippen LogP contribution in [0.5, 0.6) is 5.75 Å². The quantitative estimate of drug-likeness (QED) is 0.140. The van der Waals surface area contributed by atoms with E-state index in [9.17, 15) is 9.59 Å². The van der Waals surface area contributed by atoms with Crippen molar-refractivity contribution in [2.75, 3.05) is 0 Å². The van der Waals surface area contributed by atoms with Crippen LogP contribution in [0.25, 0.3) is 32.3 Å². The highest BCUT2D eigenvalue weighted by molar-refractivity contribution is 6.26. The number of Topliss-reactive ketones (excluding diaryl/α,β-unsaturated/α-hetero) is 1. The van der Waals surface area contributed by atoms with E-state index in [1.807, 2.05) is 18.2 Å². The molecule has 5 aromatic rings. The van der Waals surface area contributed by atoms with Crippen LogP contribution in [-0.4, -0.2) is 11.8 Å². The standard InChI is InChI=1S/C35H30O3/c1-35-18-17-26-25-14-10-24(19-23(25)9-11-27(26)30(35)15-16-31(35)36)38-34(37)29-13-8-22-6-5-20-3-2-4-21-7-12-28(29)33(22)32(20)21/h2-8,10,12-14,19,26-27,30H,9,11,15-18H2,1H3/t26-,27-,30+,35+/m1/s1. The van der Waals surface area contributed by atoms with Crippen molar-refractivity contribution in [1.82, 2.24) is 0 Å². The molecule has 0 amide bonds. The summed E-state index contributed by atoms with van der Waals surface area (Å²) in [5, 5.41) is 6.77. The third-order valence-corrected chi connectivity index (χ3v) is 10.4. The van der Waals surface area contributed by atoms with E-state index in [4.69, 9.17) is 4.74 Å². The second-order valence-electron chi connectivity index (χ2n) is 12.1. The summed E-state index contributed by atoms with van der Waals surface area (Å²) < 4.78 is 6.01. The van der Waals surface area contributed by atoms with E-state index in [1.165, 1.54) is 27.3 Å². The maximum absolute atomic E-state index is 13.5. The molecule has 0 unspecified atom stereocenters. The molecule has 3 aliphatic rings. The van der Waals surface area contributed by atoms with Crippen LogP contribution < -0.4 is 4.74 Å². The molecule has 2 saturated carbocycles. The maximum atomic E-state index is 13.5. The van der Waals surface area contributed by atoms with Crippen LogP contribution in [0.1, 0.15) is 66.4 Å². The van der Waals surface area contributed by atoms with Crippen molar-refractivity contribution in [3.05, 3.63) is 89.5 Å². The van der Waals surface area contributed by atoms with Crippen molar-refractivity contribution in [3.8, 4) is 5.75 Å². The molecule has 3 heteroatoms. The average Bonchev–Trinajstić information content (AvgIpc) is 3.25. The highest BCUT2D eigenvalue weighted by Gasteiger charge is 2.54. The summed E-state index contributed by atoms with van der Waals surface area (Å²) in [5.41, 5.74) is 3.21. The van der Waals surface area contributed by atoms with E-state index in [0.29, 0.717) is 34.8 Å². The predicted molar refractivity (Wildman–Crippen MR) is 151 cm³/mol. The van der Waals surface area contributed by atoms with Gasteiger partial charge in [-0.25, -0.2) is 4.79 Å². The molecule has 5 aromatic carbocycles. The molecule has 0 aliphatic heterocycles. The first-order valence-corrected chi connectivity index (χ1v) is 14.1. The molecule has 8 rings (SSSR count). The van der Waals surface area contributed by atoms with Crippen LogP contribution in [0.4, 0.5) is 0 Å². The second-order valence-corrected chi connectivity index (χ2v) is 12.1. The number of ether oxygens (including phenoxy) is 1. The number of ketones is 1.